The van der Waals surface area contributed by atoms with E-state index in [9.17, 15) is 0 Å². The maximum atomic E-state index is 6.37. The van der Waals surface area contributed by atoms with Gasteiger partial charge < -0.3 is 13.7 Å². The highest BCUT2D eigenvalue weighted by atomic mass is 16.3. The maximum Gasteiger partial charge on any atom is 0.136 e. The second-order valence-electron chi connectivity index (χ2n) is 15.7. The molecule has 10 aromatic carbocycles. The first kappa shape index (κ1) is 34.9. The molecule has 0 atom stereocenters. The van der Waals surface area contributed by atoms with Gasteiger partial charge in [0.25, 0.3) is 0 Å². The van der Waals surface area contributed by atoms with Crippen LogP contribution < -0.4 is 4.90 Å². The predicted molar refractivity (Wildman–Crippen MR) is 255 cm³/mol. The molecule has 0 saturated heterocycles. The van der Waals surface area contributed by atoms with Gasteiger partial charge >= 0.3 is 0 Å². The molecule has 0 spiro atoms. The molecule has 0 aliphatic rings. The van der Waals surface area contributed by atoms with E-state index in [0.717, 1.165) is 88.8 Å². The summed E-state index contributed by atoms with van der Waals surface area (Å²) in [5.41, 5.74) is 16.0. The molecule has 3 nitrogen and oxygen atoms in total. The Kier molecular flexibility index (Phi) is 8.17. The SMILES string of the molecule is c1ccc(N(c2ccc(-c3ccc(-c4cccc5ccccc45)cc3)cc2)c2ccc(-c3ccc4oc5ccccc5c4c3)cc2)c(-c2ccc3c(c2)oc2ccccc23)c1. The molecule has 0 fully saturated rings. The Bertz CT molecular complexity index is 3570. The molecule has 0 saturated carbocycles. The molecule has 0 unspecified atom stereocenters. The van der Waals surface area contributed by atoms with E-state index in [1.54, 1.807) is 0 Å². The van der Waals surface area contributed by atoms with Crippen LogP contribution in [0.4, 0.5) is 17.1 Å². The molecule has 0 bridgehead atoms. The molecule has 2 heterocycles. The zero-order valence-corrected chi connectivity index (χ0v) is 33.1. The Labute approximate surface area is 353 Å². The summed E-state index contributed by atoms with van der Waals surface area (Å²) in [6, 6.07) is 80.1. The summed E-state index contributed by atoms with van der Waals surface area (Å²) in [6.45, 7) is 0. The fraction of sp³-hybridized carbons (Fsp3) is 0. The highest BCUT2D eigenvalue weighted by Crippen LogP contribution is 2.43. The number of fused-ring (bicyclic) bond motifs is 7. The quantitative estimate of drug-likeness (QED) is 0.161. The average molecular weight is 780 g/mol. The van der Waals surface area contributed by atoms with Crippen molar-refractivity contribution in [2.24, 2.45) is 0 Å². The van der Waals surface area contributed by atoms with Crippen LogP contribution in [0.2, 0.25) is 0 Å². The zero-order valence-electron chi connectivity index (χ0n) is 33.1. The highest BCUT2D eigenvalue weighted by molar-refractivity contribution is 6.07. The van der Waals surface area contributed by atoms with E-state index in [1.165, 1.54) is 27.5 Å². The minimum atomic E-state index is 0.877. The van der Waals surface area contributed by atoms with E-state index in [-0.39, 0.29) is 0 Å². The van der Waals surface area contributed by atoms with E-state index in [2.05, 4.69) is 205 Å². The first-order chi connectivity index (χ1) is 30.2. The van der Waals surface area contributed by atoms with E-state index in [1.807, 2.05) is 24.3 Å². The summed E-state index contributed by atoms with van der Waals surface area (Å²) in [7, 11) is 0. The van der Waals surface area contributed by atoms with Crippen LogP contribution in [0.3, 0.4) is 0 Å². The van der Waals surface area contributed by atoms with Crippen LogP contribution in [-0.2, 0) is 0 Å². The molecule has 0 aliphatic carbocycles. The van der Waals surface area contributed by atoms with Crippen molar-refractivity contribution >= 4 is 71.7 Å². The van der Waals surface area contributed by atoms with Gasteiger partial charge in [0.15, 0.2) is 0 Å². The van der Waals surface area contributed by atoms with Crippen molar-refractivity contribution in [3.63, 3.8) is 0 Å². The number of para-hydroxylation sites is 3. The van der Waals surface area contributed by atoms with Crippen molar-refractivity contribution in [2.45, 2.75) is 0 Å². The summed E-state index contributed by atoms with van der Waals surface area (Å²) < 4.78 is 12.5. The second-order valence-corrected chi connectivity index (χ2v) is 15.7. The summed E-state index contributed by atoms with van der Waals surface area (Å²) in [4.78, 5) is 2.36. The third kappa shape index (κ3) is 6.06. The van der Waals surface area contributed by atoms with E-state index >= 15 is 0 Å². The molecular weight excluding hydrogens is 743 g/mol. The maximum absolute atomic E-state index is 6.37. The third-order valence-electron chi connectivity index (χ3n) is 12.1. The van der Waals surface area contributed by atoms with Gasteiger partial charge in [-0.25, -0.2) is 0 Å². The molecule has 12 aromatic rings. The Morgan fingerprint density at radius 2 is 0.738 bits per heavy atom. The van der Waals surface area contributed by atoms with Gasteiger partial charge in [-0.1, -0.05) is 158 Å². The van der Waals surface area contributed by atoms with Crippen molar-refractivity contribution in [1.82, 2.24) is 0 Å². The number of hydrogen-bond donors (Lipinski definition) is 0. The van der Waals surface area contributed by atoms with Crippen molar-refractivity contribution in [3.8, 4) is 44.5 Å². The number of rotatable bonds is 7. The van der Waals surface area contributed by atoms with Crippen molar-refractivity contribution in [3.05, 3.63) is 224 Å². The first-order valence-electron chi connectivity index (χ1n) is 20.7. The lowest BCUT2D eigenvalue weighted by Crippen LogP contribution is -2.11. The smallest absolute Gasteiger partial charge is 0.136 e. The molecule has 2 aromatic heterocycles. The number of anilines is 3. The topological polar surface area (TPSA) is 29.5 Å². The molecule has 0 aliphatic heterocycles. The molecule has 12 rings (SSSR count). The first-order valence-corrected chi connectivity index (χ1v) is 20.7. The summed E-state index contributed by atoms with van der Waals surface area (Å²) in [5, 5.41) is 7.01. The Morgan fingerprint density at radius 1 is 0.262 bits per heavy atom. The second kappa shape index (κ2) is 14.3. The van der Waals surface area contributed by atoms with Gasteiger partial charge in [0, 0.05) is 38.5 Å². The van der Waals surface area contributed by atoms with Gasteiger partial charge in [-0.3, -0.25) is 0 Å². The highest BCUT2D eigenvalue weighted by Gasteiger charge is 2.19. The van der Waals surface area contributed by atoms with Crippen LogP contribution in [-0.4, -0.2) is 0 Å². The van der Waals surface area contributed by atoms with Crippen LogP contribution >= 0.6 is 0 Å². The minimum absolute atomic E-state index is 0.877. The monoisotopic (exact) mass is 779 g/mol. The van der Waals surface area contributed by atoms with Gasteiger partial charge in [0.2, 0.25) is 0 Å². The molecular formula is C58H37NO2. The van der Waals surface area contributed by atoms with Crippen molar-refractivity contribution in [1.29, 1.82) is 0 Å². The van der Waals surface area contributed by atoms with Gasteiger partial charge in [0.05, 0.1) is 5.69 Å². The van der Waals surface area contributed by atoms with E-state index in [0.29, 0.717) is 0 Å². The van der Waals surface area contributed by atoms with Gasteiger partial charge in [-0.05, 0) is 116 Å². The normalized spacial score (nSPS) is 11.6. The predicted octanol–water partition coefficient (Wildman–Crippen LogP) is 16.8. The molecule has 3 heteroatoms. The molecule has 0 radical (unpaired) electrons. The molecule has 61 heavy (non-hydrogen) atoms. The standard InChI is InChI=1S/C58H37NO2/c1-2-12-47-41(10-1)11-9-16-48(47)42-22-20-38(21-23-42)39-24-30-45(31-25-39)59(46-32-26-40(27-33-46)43-29-35-57-53(36-43)51-15-5-8-19-56(51)60-57)54-17-6-3-13-49(54)44-28-34-52-50-14-4-7-18-55(50)61-58(52)37-44/h1-37H. The summed E-state index contributed by atoms with van der Waals surface area (Å²) >= 11 is 0. The van der Waals surface area contributed by atoms with Gasteiger partial charge in [0.1, 0.15) is 22.3 Å². The lowest BCUT2D eigenvalue weighted by molar-refractivity contribution is 0.668. The Balaban J connectivity index is 0.939. The number of furan rings is 2. The molecule has 286 valence electrons. The number of benzene rings is 10. The zero-order chi connectivity index (χ0) is 40.3. The third-order valence-corrected chi connectivity index (χ3v) is 12.1. The lowest BCUT2D eigenvalue weighted by atomic mass is 9.96. The largest absolute Gasteiger partial charge is 0.456 e. The summed E-state index contributed by atoms with van der Waals surface area (Å²) in [6.07, 6.45) is 0. The Hall–Kier alpha value is -8.14. The van der Waals surface area contributed by atoms with Crippen LogP contribution in [0, 0.1) is 0 Å². The molecule has 0 amide bonds. The van der Waals surface area contributed by atoms with Crippen LogP contribution in [0.15, 0.2) is 233 Å². The fourth-order valence-electron chi connectivity index (χ4n) is 9.06. The van der Waals surface area contributed by atoms with Gasteiger partial charge in [-0.15, -0.1) is 0 Å². The number of nitrogens with zero attached hydrogens (tertiary/aromatic N) is 1. The van der Waals surface area contributed by atoms with Crippen LogP contribution in [0.5, 0.6) is 0 Å². The minimum Gasteiger partial charge on any atom is -0.456 e. The lowest BCUT2D eigenvalue weighted by Gasteiger charge is -2.28. The Morgan fingerprint density at radius 3 is 1.48 bits per heavy atom. The average Bonchev–Trinajstić information content (AvgIpc) is 3.90. The van der Waals surface area contributed by atoms with Crippen LogP contribution in [0.1, 0.15) is 0 Å². The number of hydrogen-bond acceptors (Lipinski definition) is 3. The van der Waals surface area contributed by atoms with Crippen molar-refractivity contribution < 1.29 is 8.83 Å². The fourth-order valence-corrected chi connectivity index (χ4v) is 9.06. The van der Waals surface area contributed by atoms with Crippen LogP contribution in [0.25, 0.3) is 99.2 Å². The van der Waals surface area contributed by atoms with E-state index in [4.69, 9.17) is 8.83 Å². The van der Waals surface area contributed by atoms with Gasteiger partial charge in [-0.2, -0.15) is 0 Å². The summed E-state index contributed by atoms with van der Waals surface area (Å²) in [5.74, 6) is 0. The van der Waals surface area contributed by atoms with E-state index < -0.39 is 0 Å². The molecule has 0 N–H and O–H groups in total. The van der Waals surface area contributed by atoms with Crippen molar-refractivity contribution in [2.75, 3.05) is 4.90 Å².